The maximum atomic E-state index is 12.8. The molecule has 114 valence electrons. The van der Waals surface area contributed by atoms with Crippen LogP contribution in [-0.4, -0.2) is 32.4 Å². The Labute approximate surface area is 115 Å². The monoisotopic (exact) mass is 297 g/mol. The molecule has 0 aromatic heterocycles. The van der Waals surface area contributed by atoms with Crippen molar-refractivity contribution in [3.63, 3.8) is 0 Å². The molecular weight excluding hydrogens is 273 g/mol. The van der Waals surface area contributed by atoms with Crippen molar-refractivity contribution in [1.82, 2.24) is 5.32 Å². The van der Waals surface area contributed by atoms with Crippen molar-refractivity contribution in [2.75, 3.05) is 12.3 Å². The number of alkyl carbamates (subject to hydrolysis) is 1. The first kappa shape index (κ1) is 18.1. The molecule has 0 aliphatic heterocycles. The normalized spacial score (nSPS) is 14.9. The second-order valence-electron chi connectivity index (χ2n) is 6.65. The fourth-order valence-electron chi connectivity index (χ4n) is 1.38. The number of nitrogens with one attached hydrogen (secondary N) is 1. The maximum absolute atomic E-state index is 12.8. The highest BCUT2D eigenvalue weighted by atomic mass is 32.3. The third-order valence-corrected chi connectivity index (χ3v) is 3.32. The van der Waals surface area contributed by atoms with Gasteiger partial charge in [0.1, 0.15) is 5.60 Å². The minimum Gasteiger partial charge on any atom is -0.444 e. The first-order valence-corrected chi connectivity index (χ1v) is 7.65. The second-order valence-corrected chi connectivity index (χ2v) is 8.06. The van der Waals surface area contributed by atoms with Crippen LogP contribution in [0.15, 0.2) is 0 Å². The van der Waals surface area contributed by atoms with E-state index in [1.807, 2.05) is 0 Å². The zero-order valence-corrected chi connectivity index (χ0v) is 13.2. The molecule has 0 rings (SSSR count). The predicted octanol–water partition coefficient (Wildman–Crippen LogP) is 2.47. The van der Waals surface area contributed by atoms with E-state index in [-0.39, 0.29) is 6.54 Å². The number of amides is 1. The van der Waals surface area contributed by atoms with Crippen molar-refractivity contribution in [3.05, 3.63) is 0 Å². The zero-order valence-electron chi connectivity index (χ0n) is 12.4. The lowest BCUT2D eigenvalue weighted by atomic mass is 9.82. The SMILES string of the molecule is CC(C)(C)OC(=O)NCC(CS(=O)(=O)F)C(C)(C)C. The molecule has 0 spiro atoms. The lowest BCUT2D eigenvalue weighted by Gasteiger charge is -2.30. The van der Waals surface area contributed by atoms with E-state index in [4.69, 9.17) is 4.74 Å². The molecule has 7 heteroatoms. The Hall–Kier alpha value is -0.850. The summed E-state index contributed by atoms with van der Waals surface area (Å²) in [6.45, 7) is 10.6. The van der Waals surface area contributed by atoms with Crippen molar-refractivity contribution >= 4 is 16.3 Å². The van der Waals surface area contributed by atoms with Crippen molar-refractivity contribution in [2.45, 2.75) is 47.1 Å². The van der Waals surface area contributed by atoms with E-state index in [1.54, 1.807) is 41.5 Å². The molecule has 0 aromatic rings. The molecule has 0 fully saturated rings. The number of ether oxygens (including phenoxy) is 1. The number of rotatable bonds is 4. The average Bonchev–Trinajstić information content (AvgIpc) is 2.05. The summed E-state index contributed by atoms with van der Waals surface area (Å²) in [5.41, 5.74) is -1.08. The van der Waals surface area contributed by atoms with Crippen LogP contribution in [0.3, 0.4) is 0 Å². The Bertz CT molecular complexity index is 406. The average molecular weight is 297 g/mol. The molecule has 19 heavy (non-hydrogen) atoms. The van der Waals surface area contributed by atoms with Gasteiger partial charge in [-0.05, 0) is 32.1 Å². The van der Waals surface area contributed by atoms with Gasteiger partial charge < -0.3 is 10.1 Å². The molecule has 0 saturated heterocycles. The lowest BCUT2D eigenvalue weighted by Crippen LogP contribution is -2.40. The molecule has 5 nitrogen and oxygen atoms in total. The van der Waals surface area contributed by atoms with Gasteiger partial charge in [0.15, 0.2) is 0 Å². The molecule has 0 radical (unpaired) electrons. The second kappa shape index (κ2) is 6.07. The van der Waals surface area contributed by atoms with Gasteiger partial charge >= 0.3 is 16.3 Å². The zero-order chi connectivity index (χ0) is 15.5. The summed E-state index contributed by atoms with van der Waals surface area (Å²) in [4.78, 5) is 11.5. The summed E-state index contributed by atoms with van der Waals surface area (Å²) in [5.74, 6) is -1.15. The third-order valence-electron chi connectivity index (χ3n) is 2.52. The minimum atomic E-state index is -4.58. The quantitative estimate of drug-likeness (QED) is 0.809. The Morgan fingerprint density at radius 1 is 1.21 bits per heavy atom. The Morgan fingerprint density at radius 3 is 2.00 bits per heavy atom. The van der Waals surface area contributed by atoms with Gasteiger partial charge in [-0.3, -0.25) is 0 Å². The minimum absolute atomic E-state index is 0.0432. The molecule has 1 unspecified atom stereocenters. The summed E-state index contributed by atoms with van der Waals surface area (Å²) < 4.78 is 39.3. The van der Waals surface area contributed by atoms with Crippen LogP contribution in [0.4, 0.5) is 8.68 Å². The van der Waals surface area contributed by atoms with Crippen LogP contribution in [-0.2, 0) is 15.0 Å². The molecule has 0 aromatic carbocycles. The van der Waals surface area contributed by atoms with Crippen molar-refractivity contribution in [1.29, 1.82) is 0 Å². The highest BCUT2D eigenvalue weighted by Gasteiger charge is 2.30. The smallest absolute Gasteiger partial charge is 0.407 e. The predicted molar refractivity (Wildman–Crippen MR) is 72.1 cm³/mol. The van der Waals surface area contributed by atoms with Crippen LogP contribution >= 0.6 is 0 Å². The number of carbonyl (C=O) groups is 1. The first-order chi connectivity index (χ1) is 8.21. The molecule has 0 saturated carbocycles. The summed E-state index contributed by atoms with van der Waals surface area (Å²) >= 11 is 0. The van der Waals surface area contributed by atoms with Gasteiger partial charge in [-0.2, -0.15) is 8.42 Å². The van der Waals surface area contributed by atoms with Crippen LogP contribution in [0.2, 0.25) is 0 Å². The van der Waals surface area contributed by atoms with Gasteiger partial charge in [0.05, 0.1) is 5.75 Å². The largest absolute Gasteiger partial charge is 0.444 e. The van der Waals surface area contributed by atoms with Crippen LogP contribution < -0.4 is 5.32 Å². The lowest BCUT2D eigenvalue weighted by molar-refractivity contribution is 0.0509. The van der Waals surface area contributed by atoms with Gasteiger partial charge in [0.2, 0.25) is 0 Å². The molecule has 0 heterocycles. The standard InChI is InChI=1S/C12H24FNO4S/c1-11(2,3)9(8-19(13,16)17)7-14-10(15)18-12(4,5)6/h9H,7-8H2,1-6H3,(H,14,15). The molecule has 1 atom stereocenters. The fourth-order valence-corrected chi connectivity index (χ4v) is 2.47. The van der Waals surface area contributed by atoms with E-state index in [9.17, 15) is 17.1 Å². The fraction of sp³-hybridized carbons (Fsp3) is 0.917. The van der Waals surface area contributed by atoms with E-state index in [2.05, 4.69) is 5.32 Å². The van der Waals surface area contributed by atoms with Crippen molar-refractivity contribution < 1.29 is 21.8 Å². The van der Waals surface area contributed by atoms with Crippen LogP contribution in [0, 0.1) is 11.3 Å². The van der Waals surface area contributed by atoms with E-state index in [1.165, 1.54) is 0 Å². The van der Waals surface area contributed by atoms with Gasteiger partial charge in [-0.25, -0.2) is 4.79 Å². The molecule has 0 aliphatic rings. The topological polar surface area (TPSA) is 72.5 Å². The molecule has 0 bridgehead atoms. The molecule has 1 amide bonds. The van der Waals surface area contributed by atoms with Gasteiger partial charge in [-0.15, -0.1) is 3.89 Å². The Balaban J connectivity index is 4.57. The van der Waals surface area contributed by atoms with E-state index in [0.717, 1.165) is 0 Å². The van der Waals surface area contributed by atoms with Crippen molar-refractivity contribution in [3.8, 4) is 0 Å². The highest BCUT2D eigenvalue weighted by molar-refractivity contribution is 7.86. The summed E-state index contributed by atoms with van der Waals surface area (Å²) in [5, 5.41) is 2.48. The van der Waals surface area contributed by atoms with Gasteiger partial charge in [0.25, 0.3) is 0 Å². The Kier molecular flexibility index (Phi) is 5.80. The highest BCUT2D eigenvalue weighted by Crippen LogP contribution is 2.27. The van der Waals surface area contributed by atoms with Gasteiger partial charge in [0, 0.05) is 6.54 Å². The Morgan fingerprint density at radius 2 is 1.68 bits per heavy atom. The van der Waals surface area contributed by atoms with Crippen LogP contribution in [0.25, 0.3) is 0 Å². The summed E-state index contributed by atoms with van der Waals surface area (Å²) in [6, 6.07) is 0. The van der Waals surface area contributed by atoms with Gasteiger partial charge in [-0.1, -0.05) is 20.8 Å². The van der Waals surface area contributed by atoms with E-state index < -0.39 is 39.0 Å². The molecule has 1 N–H and O–H groups in total. The third kappa shape index (κ3) is 9.69. The van der Waals surface area contributed by atoms with E-state index in [0.29, 0.717) is 0 Å². The first-order valence-electron chi connectivity index (χ1n) is 6.10. The molecular formula is C12H24FNO4S. The summed E-state index contributed by atoms with van der Waals surface area (Å²) in [6.07, 6.45) is -0.641. The number of carbonyl (C=O) groups excluding carboxylic acids is 1. The maximum Gasteiger partial charge on any atom is 0.407 e. The molecule has 0 aliphatic carbocycles. The van der Waals surface area contributed by atoms with Crippen LogP contribution in [0.5, 0.6) is 0 Å². The number of hydrogen-bond acceptors (Lipinski definition) is 4. The number of halogens is 1. The van der Waals surface area contributed by atoms with Crippen molar-refractivity contribution in [2.24, 2.45) is 11.3 Å². The number of hydrogen-bond donors (Lipinski definition) is 1. The summed E-state index contributed by atoms with van der Waals surface area (Å²) in [7, 11) is -4.58. The van der Waals surface area contributed by atoms with E-state index >= 15 is 0 Å². The van der Waals surface area contributed by atoms with Crippen LogP contribution in [0.1, 0.15) is 41.5 Å².